The molecule has 0 aliphatic carbocycles. The summed E-state index contributed by atoms with van der Waals surface area (Å²) in [6, 6.07) is 5.60. The van der Waals surface area contributed by atoms with Crippen LogP contribution in [0.2, 0.25) is 5.02 Å². The molecule has 4 heteroatoms. The van der Waals surface area contributed by atoms with Gasteiger partial charge in [0.2, 0.25) is 0 Å². The van der Waals surface area contributed by atoms with Crippen molar-refractivity contribution in [3.05, 3.63) is 51.8 Å². The lowest BCUT2D eigenvalue weighted by Gasteiger charge is -2.12. The summed E-state index contributed by atoms with van der Waals surface area (Å²) >= 11 is 6.06. The molecule has 1 heterocycles. The third-order valence-electron chi connectivity index (χ3n) is 3.08. The van der Waals surface area contributed by atoms with Crippen LogP contribution in [0.5, 0.6) is 0 Å². The molecule has 2 rings (SSSR count). The second-order valence-electron chi connectivity index (χ2n) is 4.22. The zero-order valence-electron chi connectivity index (χ0n) is 10.1. The van der Waals surface area contributed by atoms with Crippen LogP contribution in [-0.2, 0) is 7.05 Å². The molecule has 3 nitrogen and oxygen atoms in total. The van der Waals surface area contributed by atoms with Crippen molar-refractivity contribution < 1.29 is 5.11 Å². The molecule has 0 radical (unpaired) electrons. The van der Waals surface area contributed by atoms with Crippen molar-refractivity contribution in [2.75, 3.05) is 0 Å². The summed E-state index contributed by atoms with van der Waals surface area (Å²) < 4.78 is 1.74. The van der Waals surface area contributed by atoms with E-state index in [4.69, 9.17) is 11.6 Å². The Labute approximate surface area is 106 Å². The highest BCUT2D eigenvalue weighted by Gasteiger charge is 2.16. The van der Waals surface area contributed by atoms with E-state index in [1.807, 2.05) is 33.0 Å². The average molecular weight is 251 g/mol. The molecule has 0 amide bonds. The first-order valence-corrected chi connectivity index (χ1v) is 5.81. The van der Waals surface area contributed by atoms with Crippen molar-refractivity contribution in [3.8, 4) is 0 Å². The fourth-order valence-corrected chi connectivity index (χ4v) is 1.93. The van der Waals surface area contributed by atoms with Gasteiger partial charge in [0.25, 0.3) is 0 Å². The summed E-state index contributed by atoms with van der Waals surface area (Å²) in [6.07, 6.45) is 1.01. The van der Waals surface area contributed by atoms with Gasteiger partial charge < -0.3 is 5.11 Å². The van der Waals surface area contributed by atoms with Crippen LogP contribution in [0.25, 0.3) is 0 Å². The zero-order valence-corrected chi connectivity index (χ0v) is 10.9. The van der Waals surface area contributed by atoms with Gasteiger partial charge in [0.05, 0.1) is 6.20 Å². The molecule has 1 unspecified atom stereocenters. The lowest BCUT2D eigenvalue weighted by molar-refractivity contribution is 0.219. The van der Waals surface area contributed by atoms with E-state index in [2.05, 4.69) is 5.10 Å². The molecule has 0 spiro atoms. The van der Waals surface area contributed by atoms with E-state index < -0.39 is 6.10 Å². The number of rotatable bonds is 2. The molecule has 0 fully saturated rings. The molecule has 0 saturated heterocycles. The standard InChI is InChI=1S/C13H15ClN2O/c1-8-4-5-10(6-12(8)14)13(17)11-7-15-16(3)9(11)2/h4-7,13,17H,1-3H3. The Hall–Kier alpha value is -1.32. The monoisotopic (exact) mass is 250 g/mol. The molecule has 1 aromatic carbocycles. The second kappa shape index (κ2) is 4.51. The Bertz CT molecular complexity index is 548. The number of nitrogens with zero attached hydrogens (tertiary/aromatic N) is 2. The first-order valence-electron chi connectivity index (χ1n) is 5.43. The van der Waals surface area contributed by atoms with Crippen molar-refractivity contribution >= 4 is 11.6 Å². The van der Waals surface area contributed by atoms with Gasteiger partial charge in [0.1, 0.15) is 6.10 Å². The van der Waals surface area contributed by atoms with Gasteiger partial charge in [-0.25, -0.2) is 0 Å². The molecular weight excluding hydrogens is 236 g/mol. The molecule has 17 heavy (non-hydrogen) atoms. The molecule has 0 bridgehead atoms. The summed E-state index contributed by atoms with van der Waals surface area (Å²) in [5.74, 6) is 0. The quantitative estimate of drug-likeness (QED) is 0.890. The van der Waals surface area contributed by atoms with Crippen LogP contribution in [-0.4, -0.2) is 14.9 Å². The van der Waals surface area contributed by atoms with Gasteiger partial charge in [-0.1, -0.05) is 23.7 Å². The van der Waals surface area contributed by atoms with Crippen molar-refractivity contribution in [2.24, 2.45) is 7.05 Å². The van der Waals surface area contributed by atoms with Gasteiger partial charge in [0, 0.05) is 23.3 Å². The SMILES string of the molecule is Cc1ccc(C(O)c2cnn(C)c2C)cc1Cl. The minimum Gasteiger partial charge on any atom is -0.384 e. The number of aliphatic hydroxyl groups excluding tert-OH is 1. The molecule has 1 N–H and O–H groups in total. The fourth-order valence-electron chi connectivity index (χ4n) is 1.74. The molecule has 0 aliphatic rings. The summed E-state index contributed by atoms with van der Waals surface area (Å²) in [7, 11) is 1.85. The molecule has 0 saturated carbocycles. The van der Waals surface area contributed by atoms with Gasteiger partial charge in [-0.3, -0.25) is 4.68 Å². The highest BCUT2D eigenvalue weighted by Crippen LogP contribution is 2.27. The number of aromatic nitrogens is 2. The Morgan fingerprint density at radius 2 is 2.06 bits per heavy atom. The topological polar surface area (TPSA) is 38.1 Å². The molecule has 90 valence electrons. The summed E-state index contributed by atoms with van der Waals surface area (Å²) in [5.41, 5.74) is 3.56. The fraction of sp³-hybridized carbons (Fsp3) is 0.308. The minimum absolute atomic E-state index is 0.670. The van der Waals surface area contributed by atoms with E-state index in [0.29, 0.717) is 5.02 Å². The van der Waals surface area contributed by atoms with Crippen LogP contribution in [0.15, 0.2) is 24.4 Å². The van der Waals surface area contributed by atoms with Gasteiger partial charge in [0.15, 0.2) is 0 Å². The Kier molecular flexibility index (Phi) is 3.22. The molecule has 0 aliphatic heterocycles. The van der Waals surface area contributed by atoms with Gasteiger partial charge in [-0.15, -0.1) is 0 Å². The van der Waals surface area contributed by atoms with E-state index in [1.54, 1.807) is 16.9 Å². The maximum Gasteiger partial charge on any atom is 0.107 e. The van der Waals surface area contributed by atoms with Gasteiger partial charge in [-0.05, 0) is 31.0 Å². The lowest BCUT2D eigenvalue weighted by atomic mass is 10.0. The van der Waals surface area contributed by atoms with Crippen molar-refractivity contribution in [3.63, 3.8) is 0 Å². The minimum atomic E-state index is -0.679. The van der Waals surface area contributed by atoms with Crippen molar-refractivity contribution in [1.29, 1.82) is 0 Å². The van der Waals surface area contributed by atoms with E-state index >= 15 is 0 Å². The molecule has 1 atom stereocenters. The molecule has 2 aromatic rings. The van der Waals surface area contributed by atoms with Crippen LogP contribution in [0.4, 0.5) is 0 Å². The third kappa shape index (κ3) is 2.21. The lowest BCUT2D eigenvalue weighted by Crippen LogP contribution is -2.02. The smallest absolute Gasteiger partial charge is 0.107 e. The van der Waals surface area contributed by atoms with Crippen LogP contribution in [0.1, 0.15) is 28.5 Å². The third-order valence-corrected chi connectivity index (χ3v) is 3.49. The Morgan fingerprint density at radius 1 is 1.35 bits per heavy atom. The highest BCUT2D eigenvalue weighted by molar-refractivity contribution is 6.31. The van der Waals surface area contributed by atoms with Crippen LogP contribution >= 0.6 is 11.6 Å². The largest absolute Gasteiger partial charge is 0.384 e. The predicted molar refractivity (Wildman–Crippen MR) is 68.2 cm³/mol. The van der Waals surface area contributed by atoms with Gasteiger partial charge in [-0.2, -0.15) is 5.10 Å². The maximum absolute atomic E-state index is 10.3. The van der Waals surface area contributed by atoms with E-state index in [9.17, 15) is 5.11 Å². The number of benzene rings is 1. The van der Waals surface area contributed by atoms with E-state index in [1.165, 1.54) is 0 Å². The number of halogens is 1. The van der Waals surface area contributed by atoms with Crippen molar-refractivity contribution in [2.45, 2.75) is 20.0 Å². The van der Waals surface area contributed by atoms with Crippen LogP contribution < -0.4 is 0 Å². The van der Waals surface area contributed by atoms with Crippen LogP contribution in [0.3, 0.4) is 0 Å². The number of aliphatic hydroxyl groups is 1. The summed E-state index contributed by atoms with van der Waals surface area (Å²) in [4.78, 5) is 0. The number of aryl methyl sites for hydroxylation is 2. The van der Waals surface area contributed by atoms with Crippen LogP contribution in [0, 0.1) is 13.8 Å². The first kappa shape index (κ1) is 12.1. The van der Waals surface area contributed by atoms with Gasteiger partial charge >= 0.3 is 0 Å². The maximum atomic E-state index is 10.3. The summed E-state index contributed by atoms with van der Waals surface area (Å²) in [6.45, 7) is 3.87. The zero-order chi connectivity index (χ0) is 12.6. The second-order valence-corrected chi connectivity index (χ2v) is 4.63. The van der Waals surface area contributed by atoms with E-state index in [0.717, 1.165) is 22.4 Å². The molecule has 1 aromatic heterocycles. The first-order chi connectivity index (χ1) is 8.00. The van der Waals surface area contributed by atoms with E-state index in [-0.39, 0.29) is 0 Å². The number of hydrogen-bond acceptors (Lipinski definition) is 2. The Morgan fingerprint density at radius 3 is 2.59 bits per heavy atom. The normalized spacial score (nSPS) is 12.8. The highest BCUT2D eigenvalue weighted by atomic mass is 35.5. The summed E-state index contributed by atoms with van der Waals surface area (Å²) in [5, 5.41) is 15.1. The molecular formula is C13H15ClN2O. The predicted octanol–water partition coefficient (Wildman–Crippen LogP) is 2.77. The average Bonchev–Trinajstić information content (AvgIpc) is 2.63. The number of hydrogen-bond donors (Lipinski definition) is 1. The van der Waals surface area contributed by atoms with Crippen molar-refractivity contribution in [1.82, 2.24) is 9.78 Å². The Balaban J connectivity index is 2.40.